The van der Waals surface area contributed by atoms with E-state index in [0.29, 0.717) is 0 Å². The number of para-hydroxylation sites is 1. The Labute approximate surface area is 138 Å². The number of benzene rings is 2. The highest BCUT2D eigenvalue weighted by molar-refractivity contribution is 7.99. The first-order valence-corrected chi connectivity index (χ1v) is 7.94. The van der Waals surface area contributed by atoms with E-state index >= 15 is 0 Å². The van der Waals surface area contributed by atoms with Gasteiger partial charge in [0.1, 0.15) is 0 Å². The Morgan fingerprint density at radius 3 is 2.57 bits per heavy atom. The number of anilines is 1. The van der Waals surface area contributed by atoms with Crippen LogP contribution in [0, 0.1) is 10.1 Å². The maximum atomic E-state index is 12.2. The second-order valence-corrected chi connectivity index (χ2v) is 5.81. The molecule has 2 aromatic rings. The van der Waals surface area contributed by atoms with Crippen molar-refractivity contribution in [2.24, 2.45) is 0 Å². The quantitative estimate of drug-likeness (QED) is 0.360. The van der Waals surface area contributed by atoms with E-state index in [-0.39, 0.29) is 18.0 Å². The minimum atomic E-state index is -0.461. The first-order valence-electron chi connectivity index (χ1n) is 6.96. The van der Waals surface area contributed by atoms with Crippen molar-refractivity contribution in [3.8, 4) is 0 Å². The molecule has 0 spiro atoms. The number of nitro benzene ring substituents is 1. The average Bonchev–Trinajstić information content (AvgIpc) is 2.54. The van der Waals surface area contributed by atoms with Crippen LogP contribution in [0.15, 0.2) is 66.1 Å². The van der Waals surface area contributed by atoms with E-state index in [1.807, 2.05) is 24.3 Å². The van der Waals surface area contributed by atoms with Crippen molar-refractivity contribution in [1.82, 2.24) is 0 Å². The van der Waals surface area contributed by atoms with Crippen LogP contribution in [0.3, 0.4) is 0 Å². The lowest BCUT2D eigenvalue weighted by Gasteiger charge is -2.10. The molecule has 2 aromatic carbocycles. The third-order valence-electron chi connectivity index (χ3n) is 3.03. The van der Waals surface area contributed by atoms with Crippen molar-refractivity contribution in [1.29, 1.82) is 0 Å². The van der Waals surface area contributed by atoms with Crippen molar-refractivity contribution in [2.75, 3.05) is 11.1 Å². The molecule has 0 bridgehead atoms. The molecule has 23 heavy (non-hydrogen) atoms. The summed E-state index contributed by atoms with van der Waals surface area (Å²) in [7, 11) is 0. The van der Waals surface area contributed by atoms with Gasteiger partial charge in [-0.2, -0.15) is 0 Å². The Morgan fingerprint density at radius 2 is 1.91 bits per heavy atom. The van der Waals surface area contributed by atoms with E-state index < -0.39 is 4.92 Å². The predicted octanol–water partition coefficient (Wildman–Crippen LogP) is 4.05. The normalized spacial score (nSPS) is 10.1. The molecule has 0 aromatic heterocycles. The molecule has 0 aliphatic heterocycles. The van der Waals surface area contributed by atoms with Gasteiger partial charge in [-0.1, -0.05) is 30.3 Å². The molecule has 0 unspecified atom stereocenters. The van der Waals surface area contributed by atoms with Crippen molar-refractivity contribution >= 4 is 29.0 Å². The summed E-state index contributed by atoms with van der Waals surface area (Å²) in [6.45, 7) is 3.69. The van der Waals surface area contributed by atoms with Gasteiger partial charge >= 0.3 is 0 Å². The third-order valence-corrected chi connectivity index (χ3v) is 4.10. The van der Waals surface area contributed by atoms with Gasteiger partial charge in [0.2, 0.25) is 5.91 Å². The maximum absolute atomic E-state index is 12.2. The van der Waals surface area contributed by atoms with Crippen molar-refractivity contribution in [3.63, 3.8) is 0 Å². The number of hydrogen-bond donors (Lipinski definition) is 1. The van der Waals surface area contributed by atoms with Gasteiger partial charge < -0.3 is 5.32 Å². The molecule has 0 fully saturated rings. The molecule has 0 heterocycles. The van der Waals surface area contributed by atoms with E-state index in [1.165, 1.54) is 12.1 Å². The smallest absolute Gasteiger partial charge is 0.269 e. The second kappa shape index (κ2) is 8.14. The van der Waals surface area contributed by atoms with Gasteiger partial charge in [0, 0.05) is 22.8 Å². The lowest BCUT2D eigenvalue weighted by molar-refractivity contribution is -0.384. The standard InChI is InChI=1S/C17H16N2O3S/c1-2-11-23-16-6-4-3-5-15(16)18-17(20)12-13-7-9-14(10-8-13)19(21)22/h2-10H,1,11-12H2,(H,18,20). The summed E-state index contributed by atoms with van der Waals surface area (Å²) in [5.41, 5.74) is 1.50. The molecule has 5 nitrogen and oxygen atoms in total. The van der Waals surface area contributed by atoms with Crippen LogP contribution in [0.25, 0.3) is 0 Å². The number of hydrogen-bond acceptors (Lipinski definition) is 4. The molecule has 118 valence electrons. The summed E-state index contributed by atoms with van der Waals surface area (Å²) >= 11 is 1.59. The molecule has 1 N–H and O–H groups in total. The van der Waals surface area contributed by atoms with E-state index in [1.54, 1.807) is 30.0 Å². The zero-order valence-electron chi connectivity index (χ0n) is 12.4. The SMILES string of the molecule is C=CCSc1ccccc1NC(=O)Cc1ccc([N+](=O)[O-])cc1. The van der Waals surface area contributed by atoms with Crippen LogP contribution in [0.2, 0.25) is 0 Å². The first-order chi connectivity index (χ1) is 11.1. The van der Waals surface area contributed by atoms with Gasteiger partial charge in [-0.05, 0) is 17.7 Å². The zero-order chi connectivity index (χ0) is 16.7. The fraction of sp³-hybridized carbons (Fsp3) is 0.118. The number of non-ortho nitro benzene ring substituents is 1. The molecule has 1 amide bonds. The Balaban J connectivity index is 2.02. The molecule has 2 rings (SSSR count). The fourth-order valence-corrected chi connectivity index (χ4v) is 2.71. The number of nitrogens with zero attached hydrogens (tertiary/aromatic N) is 1. The van der Waals surface area contributed by atoms with Crippen LogP contribution in [-0.2, 0) is 11.2 Å². The lowest BCUT2D eigenvalue weighted by Crippen LogP contribution is -2.14. The van der Waals surface area contributed by atoms with Crippen molar-refractivity contribution in [3.05, 3.63) is 76.9 Å². The largest absolute Gasteiger partial charge is 0.325 e. The van der Waals surface area contributed by atoms with Crippen LogP contribution in [0.5, 0.6) is 0 Å². The minimum absolute atomic E-state index is 0.0142. The summed E-state index contributed by atoms with van der Waals surface area (Å²) in [5.74, 6) is 0.598. The van der Waals surface area contributed by atoms with Crippen LogP contribution >= 0.6 is 11.8 Å². The topological polar surface area (TPSA) is 72.2 Å². The predicted molar refractivity (Wildman–Crippen MR) is 92.8 cm³/mol. The molecule has 0 saturated carbocycles. The Kier molecular flexibility index (Phi) is 5.94. The van der Waals surface area contributed by atoms with Gasteiger partial charge in [0.25, 0.3) is 5.69 Å². The minimum Gasteiger partial charge on any atom is -0.325 e. The number of nitrogens with one attached hydrogen (secondary N) is 1. The number of amides is 1. The summed E-state index contributed by atoms with van der Waals surface area (Å²) in [6, 6.07) is 13.5. The molecular weight excluding hydrogens is 312 g/mol. The number of rotatable bonds is 7. The Morgan fingerprint density at radius 1 is 1.22 bits per heavy atom. The molecular formula is C17H16N2O3S. The molecule has 0 aliphatic rings. The van der Waals surface area contributed by atoms with Crippen molar-refractivity contribution in [2.45, 2.75) is 11.3 Å². The highest BCUT2D eigenvalue weighted by Gasteiger charge is 2.09. The Hall–Kier alpha value is -2.60. The van der Waals surface area contributed by atoms with Crippen LogP contribution in [0.4, 0.5) is 11.4 Å². The van der Waals surface area contributed by atoms with E-state index in [0.717, 1.165) is 21.9 Å². The summed E-state index contributed by atoms with van der Waals surface area (Å²) < 4.78 is 0. The monoisotopic (exact) mass is 328 g/mol. The maximum Gasteiger partial charge on any atom is 0.269 e. The fourth-order valence-electron chi connectivity index (χ4n) is 1.96. The van der Waals surface area contributed by atoms with E-state index in [4.69, 9.17) is 0 Å². The highest BCUT2D eigenvalue weighted by Crippen LogP contribution is 2.27. The number of carbonyl (C=O) groups excluding carboxylic acids is 1. The highest BCUT2D eigenvalue weighted by atomic mass is 32.2. The van der Waals surface area contributed by atoms with Crippen LogP contribution < -0.4 is 5.32 Å². The van der Waals surface area contributed by atoms with Gasteiger partial charge in [0.15, 0.2) is 0 Å². The number of carbonyl (C=O) groups is 1. The van der Waals surface area contributed by atoms with Crippen LogP contribution in [0.1, 0.15) is 5.56 Å². The first kappa shape index (κ1) is 16.8. The average molecular weight is 328 g/mol. The van der Waals surface area contributed by atoms with Crippen LogP contribution in [-0.4, -0.2) is 16.6 Å². The van der Waals surface area contributed by atoms with E-state index in [9.17, 15) is 14.9 Å². The van der Waals surface area contributed by atoms with E-state index in [2.05, 4.69) is 11.9 Å². The molecule has 6 heteroatoms. The lowest BCUT2D eigenvalue weighted by atomic mass is 10.1. The molecule has 0 atom stereocenters. The molecule has 0 radical (unpaired) electrons. The molecule has 0 aliphatic carbocycles. The Bertz CT molecular complexity index is 714. The summed E-state index contributed by atoms with van der Waals surface area (Å²) in [6.07, 6.45) is 1.97. The second-order valence-electron chi connectivity index (χ2n) is 4.74. The summed E-state index contributed by atoms with van der Waals surface area (Å²) in [5, 5.41) is 13.5. The van der Waals surface area contributed by atoms with Crippen molar-refractivity contribution < 1.29 is 9.72 Å². The van der Waals surface area contributed by atoms with Gasteiger partial charge in [-0.15, -0.1) is 18.3 Å². The van der Waals surface area contributed by atoms with Gasteiger partial charge in [-0.3, -0.25) is 14.9 Å². The third kappa shape index (κ3) is 4.96. The number of nitro groups is 1. The van der Waals surface area contributed by atoms with Gasteiger partial charge in [0.05, 0.1) is 17.0 Å². The molecule has 0 saturated heterocycles. The number of thioether (sulfide) groups is 1. The van der Waals surface area contributed by atoms with Gasteiger partial charge in [-0.25, -0.2) is 0 Å². The zero-order valence-corrected chi connectivity index (χ0v) is 13.2. The summed E-state index contributed by atoms with van der Waals surface area (Å²) in [4.78, 5) is 23.3.